The zero-order chi connectivity index (χ0) is 13.9. The molecule has 3 heterocycles. The van der Waals surface area contributed by atoms with Crippen molar-refractivity contribution in [3.63, 3.8) is 0 Å². The highest BCUT2D eigenvalue weighted by Gasteiger charge is 2.25. The van der Waals surface area contributed by atoms with Crippen LogP contribution in [0.2, 0.25) is 0 Å². The number of thiophene rings is 1. The Morgan fingerprint density at radius 1 is 1.40 bits per heavy atom. The number of aromatic nitrogens is 2. The van der Waals surface area contributed by atoms with E-state index in [2.05, 4.69) is 27.9 Å². The Bertz CT molecular complexity index is 582. The van der Waals surface area contributed by atoms with Crippen molar-refractivity contribution in [2.75, 3.05) is 17.3 Å². The highest BCUT2D eigenvalue weighted by atomic mass is 35.5. The van der Waals surface area contributed by atoms with E-state index in [4.69, 9.17) is 11.6 Å². The lowest BCUT2D eigenvalue weighted by atomic mass is 10.00. The molecule has 1 unspecified atom stereocenters. The van der Waals surface area contributed by atoms with E-state index in [1.165, 1.54) is 29.5 Å². The first-order chi connectivity index (χ1) is 9.83. The fourth-order valence-electron chi connectivity index (χ4n) is 3.00. The van der Waals surface area contributed by atoms with Crippen LogP contribution in [-0.2, 0) is 6.42 Å². The zero-order valence-corrected chi connectivity index (χ0v) is 13.4. The number of aryl methyl sites for hydroxylation is 1. The van der Waals surface area contributed by atoms with Gasteiger partial charge >= 0.3 is 0 Å². The molecule has 1 aliphatic heterocycles. The van der Waals surface area contributed by atoms with Gasteiger partial charge < -0.3 is 4.90 Å². The second-order valence-corrected chi connectivity index (χ2v) is 6.80. The highest BCUT2D eigenvalue weighted by molar-refractivity contribution is 7.18. The van der Waals surface area contributed by atoms with Gasteiger partial charge in [-0.1, -0.05) is 6.92 Å². The molecule has 0 spiro atoms. The summed E-state index contributed by atoms with van der Waals surface area (Å²) < 4.78 is 0. The maximum atomic E-state index is 5.98. The summed E-state index contributed by atoms with van der Waals surface area (Å²) in [5.41, 5.74) is 0. The van der Waals surface area contributed by atoms with E-state index in [9.17, 15) is 0 Å². The van der Waals surface area contributed by atoms with Crippen LogP contribution in [0.4, 0.5) is 5.82 Å². The van der Waals surface area contributed by atoms with Crippen LogP contribution in [0.1, 0.15) is 37.5 Å². The molecule has 20 heavy (non-hydrogen) atoms. The minimum atomic E-state index is 0.532. The molecule has 1 fully saturated rings. The maximum Gasteiger partial charge on any atom is 0.141 e. The predicted octanol–water partition coefficient (Wildman–Crippen LogP) is 4.24. The number of halogens is 1. The second kappa shape index (κ2) is 6.27. The minimum Gasteiger partial charge on any atom is -0.353 e. The molecule has 0 amide bonds. The number of rotatable bonds is 4. The molecule has 0 aliphatic carbocycles. The van der Waals surface area contributed by atoms with Crippen LogP contribution < -0.4 is 4.90 Å². The molecule has 5 heteroatoms. The smallest absolute Gasteiger partial charge is 0.141 e. The van der Waals surface area contributed by atoms with Gasteiger partial charge in [-0.3, -0.25) is 0 Å². The third-order valence-electron chi connectivity index (χ3n) is 4.05. The van der Waals surface area contributed by atoms with Gasteiger partial charge in [-0.05, 0) is 38.2 Å². The van der Waals surface area contributed by atoms with Gasteiger partial charge in [0, 0.05) is 23.3 Å². The maximum absolute atomic E-state index is 5.98. The largest absolute Gasteiger partial charge is 0.353 e. The van der Waals surface area contributed by atoms with Gasteiger partial charge in [0.25, 0.3) is 0 Å². The van der Waals surface area contributed by atoms with Crippen LogP contribution in [-0.4, -0.2) is 28.4 Å². The number of fused-ring (bicyclic) bond motifs is 1. The molecule has 0 saturated carbocycles. The lowest BCUT2D eigenvalue weighted by molar-refractivity contribution is 0.449. The Kier molecular flexibility index (Phi) is 4.41. The van der Waals surface area contributed by atoms with Crippen molar-refractivity contribution in [1.82, 2.24) is 9.97 Å². The summed E-state index contributed by atoms with van der Waals surface area (Å²) in [4.78, 5) is 14.0. The molecule has 2 aromatic rings. The minimum absolute atomic E-state index is 0.532. The van der Waals surface area contributed by atoms with Crippen molar-refractivity contribution < 1.29 is 0 Å². The van der Waals surface area contributed by atoms with Gasteiger partial charge in [0.05, 0.1) is 5.39 Å². The summed E-state index contributed by atoms with van der Waals surface area (Å²) in [5, 5.41) is 1.22. The van der Waals surface area contributed by atoms with Gasteiger partial charge in [0.15, 0.2) is 0 Å². The summed E-state index contributed by atoms with van der Waals surface area (Å²) in [5.74, 6) is 1.83. The van der Waals surface area contributed by atoms with Crippen LogP contribution in [0, 0.1) is 0 Å². The number of piperidine rings is 1. The Labute approximate surface area is 129 Å². The highest BCUT2D eigenvalue weighted by Crippen LogP contribution is 2.34. The number of alkyl halides is 1. The lowest BCUT2D eigenvalue weighted by Gasteiger charge is -2.36. The van der Waals surface area contributed by atoms with E-state index in [1.807, 2.05) is 0 Å². The van der Waals surface area contributed by atoms with Gasteiger partial charge in [-0.2, -0.15) is 0 Å². The van der Waals surface area contributed by atoms with E-state index < -0.39 is 0 Å². The molecule has 108 valence electrons. The van der Waals surface area contributed by atoms with Crippen LogP contribution in [0.5, 0.6) is 0 Å². The molecule has 1 atom stereocenters. The van der Waals surface area contributed by atoms with Crippen LogP contribution in [0.25, 0.3) is 10.2 Å². The van der Waals surface area contributed by atoms with Crippen molar-refractivity contribution in [2.24, 2.45) is 0 Å². The summed E-state index contributed by atoms with van der Waals surface area (Å²) in [7, 11) is 0. The van der Waals surface area contributed by atoms with Crippen LogP contribution >= 0.6 is 22.9 Å². The summed E-state index contributed by atoms with van der Waals surface area (Å²) >= 11 is 7.76. The third-order valence-corrected chi connectivity index (χ3v) is 5.46. The van der Waals surface area contributed by atoms with E-state index >= 15 is 0 Å². The molecule has 0 N–H and O–H groups in total. The summed E-state index contributed by atoms with van der Waals surface area (Å²) in [6, 6.07) is 2.80. The fourth-order valence-corrected chi connectivity index (χ4v) is 4.18. The fraction of sp³-hybridized carbons (Fsp3) is 0.600. The van der Waals surface area contributed by atoms with Crippen molar-refractivity contribution >= 4 is 39.0 Å². The Balaban J connectivity index is 2.00. The standard InChI is InChI=1S/C15H20ClN3S/c1-2-12-9-13-14(17-10-18-15(13)20-12)19-8-4-3-5-11(19)6-7-16/h9-11H,2-8H2,1H3. The average molecular weight is 310 g/mol. The molecule has 1 saturated heterocycles. The SMILES string of the molecule is CCc1cc2c(N3CCCCC3CCCl)ncnc2s1. The van der Waals surface area contributed by atoms with Crippen molar-refractivity contribution in [1.29, 1.82) is 0 Å². The van der Waals surface area contributed by atoms with E-state index in [-0.39, 0.29) is 0 Å². The van der Waals surface area contributed by atoms with Crippen molar-refractivity contribution in [3.8, 4) is 0 Å². The Morgan fingerprint density at radius 3 is 3.10 bits per heavy atom. The van der Waals surface area contributed by atoms with Gasteiger partial charge in [-0.25, -0.2) is 9.97 Å². The first kappa shape index (κ1) is 14.1. The monoisotopic (exact) mass is 309 g/mol. The number of hydrogen-bond acceptors (Lipinski definition) is 4. The first-order valence-electron chi connectivity index (χ1n) is 7.39. The van der Waals surface area contributed by atoms with Gasteiger partial charge in [0.1, 0.15) is 17.0 Å². The molecule has 0 aromatic carbocycles. The Morgan fingerprint density at radius 2 is 2.30 bits per heavy atom. The topological polar surface area (TPSA) is 29.0 Å². The van der Waals surface area contributed by atoms with E-state index in [0.717, 1.165) is 35.9 Å². The first-order valence-corrected chi connectivity index (χ1v) is 8.74. The predicted molar refractivity (Wildman–Crippen MR) is 87.1 cm³/mol. The number of hydrogen-bond donors (Lipinski definition) is 0. The molecule has 0 bridgehead atoms. The normalized spacial score (nSPS) is 19.7. The van der Waals surface area contributed by atoms with Crippen molar-refractivity contribution in [3.05, 3.63) is 17.3 Å². The van der Waals surface area contributed by atoms with Crippen molar-refractivity contribution in [2.45, 2.75) is 45.1 Å². The van der Waals surface area contributed by atoms with Gasteiger partial charge in [-0.15, -0.1) is 22.9 Å². The van der Waals surface area contributed by atoms with E-state index in [0.29, 0.717) is 6.04 Å². The summed E-state index contributed by atoms with van der Waals surface area (Å²) in [6.07, 6.45) is 7.58. The molecular weight excluding hydrogens is 290 g/mol. The average Bonchev–Trinajstić information content (AvgIpc) is 2.91. The van der Waals surface area contributed by atoms with Gasteiger partial charge in [0.2, 0.25) is 0 Å². The zero-order valence-electron chi connectivity index (χ0n) is 11.8. The molecule has 3 rings (SSSR count). The summed E-state index contributed by atoms with van der Waals surface area (Å²) in [6.45, 7) is 3.28. The number of nitrogens with zero attached hydrogens (tertiary/aromatic N) is 3. The van der Waals surface area contributed by atoms with Crippen LogP contribution in [0.3, 0.4) is 0 Å². The third kappa shape index (κ3) is 2.63. The molecule has 1 aliphatic rings. The van der Waals surface area contributed by atoms with E-state index in [1.54, 1.807) is 17.7 Å². The molecule has 3 nitrogen and oxygen atoms in total. The lowest BCUT2D eigenvalue weighted by Crippen LogP contribution is -2.40. The number of anilines is 1. The molecular formula is C15H20ClN3S. The molecule has 0 radical (unpaired) electrons. The quantitative estimate of drug-likeness (QED) is 0.791. The Hall–Kier alpha value is -0.870. The van der Waals surface area contributed by atoms with Crippen LogP contribution in [0.15, 0.2) is 12.4 Å². The molecule has 2 aromatic heterocycles. The second-order valence-electron chi connectivity index (χ2n) is 5.30.